The molecule has 2 aromatic carbocycles. The van der Waals surface area contributed by atoms with Gasteiger partial charge in [0.25, 0.3) is 5.69 Å². The number of nitro groups is 1. The van der Waals surface area contributed by atoms with E-state index in [2.05, 4.69) is 5.43 Å². The van der Waals surface area contributed by atoms with Crippen LogP contribution < -0.4 is 11.3 Å². The lowest BCUT2D eigenvalue weighted by molar-refractivity contribution is -0.384. The van der Waals surface area contributed by atoms with E-state index in [1.54, 1.807) is 12.1 Å². The maximum absolute atomic E-state index is 10.8. The Balaban J connectivity index is 2.05. The molecule has 0 saturated heterocycles. The average molecular weight is 287 g/mol. The van der Waals surface area contributed by atoms with E-state index in [9.17, 15) is 10.1 Å². The number of ether oxygens (including phenoxy) is 1. The Hall–Kier alpha value is -2.44. The molecule has 0 saturated carbocycles. The molecule has 0 radical (unpaired) electrons. The minimum absolute atomic E-state index is 0.0580. The number of nitro benzene ring substituents is 1. The highest BCUT2D eigenvalue weighted by Crippen LogP contribution is 2.26. The van der Waals surface area contributed by atoms with Gasteiger partial charge in [-0.3, -0.25) is 16.0 Å². The molecule has 1 atom stereocenters. The number of hydrogen-bond acceptors (Lipinski definition) is 5. The van der Waals surface area contributed by atoms with E-state index in [-0.39, 0.29) is 17.5 Å². The number of nitrogen functional groups attached to an aromatic ring is 1. The first-order valence-electron chi connectivity index (χ1n) is 6.52. The van der Waals surface area contributed by atoms with Crippen molar-refractivity contribution in [2.24, 2.45) is 5.84 Å². The third-order valence-corrected chi connectivity index (χ3v) is 3.18. The number of benzene rings is 2. The van der Waals surface area contributed by atoms with Gasteiger partial charge in [-0.2, -0.15) is 0 Å². The summed E-state index contributed by atoms with van der Waals surface area (Å²) in [7, 11) is 0. The van der Waals surface area contributed by atoms with Crippen molar-refractivity contribution in [3.05, 3.63) is 69.8 Å². The highest BCUT2D eigenvalue weighted by molar-refractivity contribution is 5.61. The largest absolute Gasteiger partial charge is 0.369 e. The smallest absolute Gasteiger partial charge is 0.293 e. The van der Waals surface area contributed by atoms with Crippen molar-refractivity contribution < 1.29 is 9.66 Å². The molecule has 0 spiro atoms. The molecular weight excluding hydrogens is 270 g/mol. The SMILES string of the molecule is CC(OCc1ccc([N+](=O)[O-])c(NN)c1)c1ccccc1. The van der Waals surface area contributed by atoms with Crippen molar-refractivity contribution in [1.82, 2.24) is 0 Å². The van der Waals surface area contributed by atoms with Gasteiger partial charge in [-0.15, -0.1) is 0 Å². The van der Waals surface area contributed by atoms with Gasteiger partial charge in [0.1, 0.15) is 5.69 Å². The van der Waals surface area contributed by atoms with Crippen molar-refractivity contribution in [3.63, 3.8) is 0 Å². The predicted octanol–water partition coefficient (Wildman–Crippen LogP) is 3.16. The quantitative estimate of drug-likeness (QED) is 0.484. The van der Waals surface area contributed by atoms with Crippen LogP contribution in [-0.4, -0.2) is 4.92 Å². The molecule has 0 aromatic heterocycles. The molecule has 6 heteroatoms. The van der Waals surface area contributed by atoms with E-state index >= 15 is 0 Å². The van der Waals surface area contributed by atoms with Gasteiger partial charge >= 0.3 is 0 Å². The molecule has 0 amide bonds. The lowest BCUT2D eigenvalue weighted by atomic mass is 10.1. The summed E-state index contributed by atoms with van der Waals surface area (Å²) in [4.78, 5) is 10.3. The highest BCUT2D eigenvalue weighted by Gasteiger charge is 2.13. The van der Waals surface area contributed by atoms with Crippen molar-refractivity contribution in [3.8, 4) is 0 Å². The predicted molar refractivity (Wildman–Crippen MR) is 80.6 cm³/mol. The minimum Gasteiger partial charge on any atom is -0.369 e. The van der Waals surface area contributed by atoms with Crippen LogP contribution in [0.4, 0.5) is 11.4 Å². The Bertz CT molecular complexity index is 617. The lowest BCUT2D eigenvalue weighted by Crippen LogP contribution is -2.10. The second-order valence-electron chi connectivity index (χ2n) is 4.62. The average Bonchev–Trinajstić information content (AvgIpc) is 2.52. The summed E-state index contributed by atoms with van der Waals surface area (Å²) in [5.74, 6) is 5.31. The Labute approximate surface area is 122 Å². The van der Waals surface area contributed by atoms with E-state index in [0.29, 0.717) is 6.61 Å². The van der Waals surface area contributed by atoms with Crippen molar-refractivity contribution in [2.45, 2.75) is 19.6 Å². The zero-order chi connectivity index (χ0) is 15.2. The van der Waals surface area contributed by atoms with Crippen LogP contribution in [0.5, 0.6) is 0 Å². The number of nitrogens with one attached hydrogen (secondary N) is 1. The normalized spacial score (nSPS) is 11.9. The summed E-state index contributed by atoms with van der Waals surface area (Å²) in [6.45, 7) is 2.31. The number of nitrogens with zero attached hydrogens (tertiary/aromatic N) is 1. The molecule has 3 N–H and O–H groups in total. The topological polar surface area (TPSA) is 90.4 Å². The van der Waals surface area contributed by atoms with Gasteiger partial charge in [0.2, 0.25) is 0 Å². The van der Waals surface area contributed by atoms with Gasteiger partial charge in [-0.05, 0) is 30.2 Å². The van der Waals surface area contributed by atoms with Crippen LogP contribution in [0.1, 0.15) is 24.2 Å². The van der Waals surface area contributed by atoms with Crippen molar-refractivity contribution in [1.29, 1.82) is 0 Å². The van der Waals surface area contributed by atoms with Crippen LogP contribution >= 0.6 is 0 Å². The number of rotatable bonds is 6. The molecule has 21 heavy (non-hydrogen) atoms. The Morgan fingerprint density at radius 3 is 2.62 bits per heavy atom. The van der Waals surface area contributed by atoms with Gasteiger partial charge in [0, 0.05) is 6.07 Å². The van der Waals surface area contributed by atoms with Gasteiger partial charge in [-0.1, -0.05) is 30.3 Å². The zero-order valence-corrected chi connectivity index (χ0v) is 11.7. The van der Waals surface area contributed by atoms with E-state index in [1.165, 1.54) is 6.07 Å². The van der Waals surface area contributed by atoms with Crippen LogP contribution in [0.15, 0.2) is 48.5 Å². The molecule has 6 nitrogen and oxygen atoms in total. The molecule has 0 fully saturated rings. The van der Waals surface area contributed by atoms with Crippen molar-refractivity contribution >= 4 is 11.4 Å². The van der Waals surface area contributed by atoms with Crippen LogP contribution in [0.25, 0.3) is 0 Å². The second-order valence-corrected chi connectivity index (χ2v) is 4.62. The fourth-order valence-corrected chi connectivity index (χ4v) is 1.99. The van der Waals surface area contributed by atoms with E-state index in [4.69, 9.17) is 10.6 Å². The summed E-state index contributed by atoms with van der Waals surface area (Å²) in [6.07, 6.45) is -0.0596. The summed E-state index contributed by atoms with van der Waals surface area (Å²) in [6, 6.07) is 14.6. The molecule has 0 heterocycles. The number of anilines is 1. The Morgan fingerprint density at radius 2 is 2.00 bits per heavy atom. The van der Waals surface area contributed by atoms with E-state index in [0.717, 1.165) is 11.1 Å². The summed E-state index contributed by atoms with van der Waals surface area (Å²) in [5.41, 5.74) is 4.45. The van der Waals surface area contributed by atoms with Gasteiger partial charge in [0.15, 0.2) is 0 Å². The third-order valence-electron chi connectivity index (χ3n) is 3.18. The minimum atomic E-state index is -0.480. The Morgan fingerprint density at radius 1 is 1.29 bits per heavy atom. The first-order chi connectivity index (χ1) is 10.1. The molecule has 0 aliphatic rings. The van der Waals surface area contributed by atoms with Crippen LogP contribution in [-0.2, 0) is 11.3 Å². The first kappa shape index (κ1) is 15.0. The fourth-order valence-electron chi connectivity index (χ4n) is 1.99. The zero-order valence-electron chi connectivity index (χ0n) is 11.7. The monoisotopic (exact) mass is 287 g/mol. The maximum atomic E-state index is 10.8. The first-order valence-corrected chi connectivity index (χ1v) is 6.52. The van der Waals surface area contributed by atoms with Crippen LogP contribution in [0, 0.1) is 10.1 Å². The number of hydrogen-bond donors (Lipinski definition) is 2. The van der Waals surface area contributed by atoms with Crippen LogP contribution in [0.2, 0.25) is 0 Å². The highest BCUT2D eigenvalue weighted by atomic mass is 16.6. The fraction of sp³-hybridized carbons (Fsp3) is 0.200. The summed E-state index contributed by atoms with van der Waals surface area (Å²) in [5, 5.41) is 10.8. The third kappa shape index (κ3) is 3.77. The number of nitrogens with two attached hydrogens (primary N) is 1. The van der Waals surface area contributed by atoms with E-state index < -0.39 is 4.92 Å². The standard InChI is InChI=1S/C15H17N3O3/c1-11(13-5-3-2-4-6-13)21-10-12-7-8-15(18(19)20)14(9-12)17-16/h2-9,11,17H,10,16H2,1H3. The van der Waals surface area contributed by atoms with Gasteiger partial charge < -0.3 is 10.2 Å². The van der Waals surface area contributed by atoms with Gasteiger partial charge in [-0.25, -0.2) is 0 Å². The molecule has 1 unspecified atom stereocenters. The number of hydrazine groups is 1. The molecule has 0 bridgehead atoms. The van der Waals surface area contributed by atoms with Gasteiger partial charge in [0.05, 0.1) is 17.6 Å². The maximum Gasteiger partial charge on any atom is 0.293 e. The second kappa shape index (κ2) is 6.83. The van der Waals surface area contributed by atoms with Crippen LogP contribution in [0.3, 0.4) is 0 Å². The molecule has 2 aromatic rings. The summed E-state index contributed by atoms with van der Waals surface area (Å²) < 4.78 is 5.78. The molecule has 2 rings (SSSR count). The van der Waals surface area contributed by atoms with Crippen molar-refractivity contribution in [2.75, 3.05) is 5.43 Å². The molecule has 110 valence electrons. The lowest BCUT2D eigenvalue weighted by Gasteiger charge is -2.14. The summed E-state index contributed by atoms with van der Waals surface area (Å²) >= 11 is 0. The molecule has 0 aliphatic heterocycles. The van der Waals surface area contributed by atoms with E-state index in [1.807, 2.05) is 37.3 Å². The molecule has 0 aliphatic carbocycles. The molecular formula is C15H17N3O3. The Kier molecular flexibility index (Phi) is 4.86.